The number of alkyl halides is 3. The van der Waals surface area contributed by atoms with Crippen LogP contribution >= 0.6 is 11.8 Å². The van der Waals surface area contributed by atoms with E-state index in [1.807, 2.05) is 0 Å². The molecule has 0 radical (unpaired) electrons. The number of halogens is 3. The van der Waals surface area contributed by atoms with Crippen molar-refractivity contribution in [2.24, 2.45) is 10.4 Å². The van der Waals surface area contributed by atoms with E-state index in [1.54, 1.807) is 20.8 Å². The lowest BCUT2D eigenvalue weighted by molar-refractivity contribution is -0.137. The van der Waals surface area contributed by atoms with Gasteiger partial charge in [0.2, 0.25) is 0 Å². The molecule has 0 aliphatic carbocycles. The van der Waals surface area contributed by atoms with Crippen LogP contribution in [0.15, 0.2) is 29.3 Å². The van der Waals surface area contributed by atoms with Crippen molar-refractivity contribution in [1.82, 2.24) is 0 Å². The van der Waals surface area contributed by atoms with Gasteiger partial charge in [-0.25, -0.2) is 8.42 Å². The fraction of sp³-hybridized carbons (Fsp3) is 0.529. The van der Waals surface area contributed by atoms with E-state index in [1.165, 1.54) is 23.1 Å². The van der Waals surface area contributed by atoms with E-state index in [-0.39, 0.29) is 22.4 Å². The van der Waals surface area contributed by atoms with Crippen LogP contribution in [0.5, 0.6) is 0 Å². The number of carbonyl (C=O) groups is 1. The van der Waals surface area contributed by atoms with Crippen LogP contribution in [0.25, 0.3) is 0 Å². The lowest BCUT2D eigenvalue weighted by Crippen LogP contribution is -2.39. The maximum absolute atomic E-state index is 13.5. The van der Waals surface area contributed by atoms with Crippen LogP contribution in [-0.2, 0) is 20.8 Å². The van der Waals surface area contributed by atoms with Gasteiger partial charge in [0.15, 0.2) is 15.0 Å². The van der Waals surface area contributed by atoms with Crippen LogP contribution in [0, 0.1) is 5.41 Å². The first-order valence-electron chi connectivity index (χ1n) is 8.25. The summed E-state index contributed by atoms with van der Waals surface area (Å²) >= 11 is 1.06. The van der Waals surface area contributed by atoms with E-state index in [9.17, 15) is 26.4 Å². The summed E-state index contributed by atoms with van der Waals surface area (Å²) in [4.78, 5) is 17.7. The van der Waals surface area contributed by atoms with Gasteiger partial charge in [0.1, 0.15) is 0 Å². The summed E-state index contributed by atoms with van der Waals surface area (Å²) in [5.74, 6) is -0.877. The first kappa shape index (κ1) is 20.2. The highest BCUT2D eigenvalue weighted by atomic mass is 32.2. The number of rotatable bonds is 1. The Kier molecular flexibility index (Phi) is 4.87. The zero-order valence-corrected chi connectivity index (χ0v) is 16.6. The Morgan fingerprint density at radius 3 is 2.41 bits per heavy atom. The van der Waals surface area contributed by atoms with Crippen LogP contribution < -0.4 is 4.90 Å². The second-order valence-corrected chi connectivity index (χ2v) is 11.0. The van der Waals surface area contributed by atoms with Crippen molar-refractivity contribution in [2.75, 3.05) is 16.4 Å². The van der Waals surface area contributed by atoms with Crippen molar-refractivity contribution in [1.29, 1.82) is 0 Å². The molecule has 10 heteroatoms. The average Bonchev–Trinajstić information content (AvgIpc) is 2.96. The van der Waals surface area contributed by atoms with Gasteiger partial charge in [-0.15, -0.1) is 0 Å². The molecule has 2 aliphatic rings. The average molecular weight is 420 g/mol. The molecule has 0 saturated carbocycles. The Hall–Kier alpha value is -1.55. The molecule has 148 valence electrons. The maximum atomic E-state index is 13.5. The van der Waals surface area contributed by atoms with Gasteiger partial charge in [-0.2, -0.15) is 18.2 Å². The molecule has 2 aliphatic heterocycles. The standard InChI is InChI=1S/C17H19F3N2O3S2/c1-16(2,3)14(23)21-15-22(12-8-27(24,25)9-13(12)26-15)11-7-5-4-6-10(11)17(18,19)20/h4-7,12-13H,8-9H2,1-3H3/t12-,13-/m0/s1. The van der Waals surface area contributed by atoms with Gasteiger partial charge in [0.25, 0.3) is 5.91 Å². The van der Waals surface area contributed by atoms with E-state index in [0.29, 0.717) is 0 Å². The number of fused-ring (bicyclic) bond motifs is 1. The highest BCUT2D eigenvalue weighted by molar-refractivity contribution is 8.16. The normalized spacial score (nSPS) is 26.4. The molecular weight excluding hydrogens is 401 g/mol. The molecule has 0 aromatic heterocycles. The van der Waals surface area contributed by atoms with Crippen molar-refractivity contribution in [2.45, 2.75) is 38.2 Å². The number of hydrogen-bond donors (Lipinski definition) is 0. The Labute approximate surface area is 159 Å². The van der Waals surface area contributed by atoms with E-state index in [0.717, 1.165) is 17.8 Å². The number of anilines is 1. The van der Waals surface area contributed by atoms with Crippen molar-refractivity contribution in [3.63, 3.8) is 0 Å². The summed E-state index contributed by atoms with van der Waals surface area (Å²) < 4.78 is 64.6. The molecule has 27 heavy (non-hydrogen) atoms. The van der Waals surface area contributed by atoms with E-state index < -0.39 is 44.2 Å². The summed E-state index contributed by atoms with van der Waals surface area (Å²) in [6.45, 7) is 4.99. The molecule has 1 aromatic rings. The molecule has 2 heterocycles. The third-order valence-electron chi connectivity index (χ3n) is 4.37. The van der Waals surface area contributed by atoms with Gasteiger partial charge in [0, 0.05) is 10.7 Å². The summed E-state index contributed by atoms with van der Waals surface area (Å²) in [6, 6.07) is 4.27. The number of amidine groups is 1. The fourth-order valence-corrected chi connectivity index (χ4v) is 6.93. The van der Waals surface area contributed by atoms with E-state index >= 15 is 0 Å². The third-order valence-corrected chi connectivity index (χ3v) is 7.58. The van der Waals surface area contributed by atoms with Gasteiger partial charge in [-0.1, -0.05) is 44.7 Å². The molecule has 0 N–H and O–H groups in total. The molecular formula is C17H19F3N2O3S2. The quantitative estimate of drug-likeness (QED) is 0.697. The number of benzene rings is 1. The van der Waals surface area contributed by atoms with Gasteiger partial charge in [-0.3, -0.25) is 4.79 Å². The number of carbonyl (C=O) groups excluding carboxylic acids is 1. The van der Waals surface area contributed by atoms with Crippen molar-refractivity contribution in [3.8, 4) is 0 Å². The number of nitrogens with zero attached hydrogens (tertiary/aromatic N) is 2. The van der Waals surface area contributed by atoms with Crippen LogP contribution in [0.1, 0.15) is 26.3 Å². The summed E-state index contributed by atoms with van der Waals surface area (Å²) in [7, 11) is -3.36. The Morgan fingerprint density at radius 2 is 1.81 bits per heavy atom. The first-order chi connectivity index (χ1) is 12.3. The SMILES string of the molecule is CC(C)(C)C(=O)N=C1S[C@H]2CS(=O)(=O)C[C@@H]2N1c1ccccc1C(F)(F)F. The smallest absolute Gasteiger partial charge is 0.315 e. The van der Waals surface area contributed by atoms with E-state index in [4.69, 9.17) is 0 Å². The maximum Gasteiger partial charge on any atom is 0.418 e. The zero-order chi connectivity index (χ0) is 20.2. The molecule has 1 amide bonds. The monoisotopic (exact) mass is 420 g/mol. The third kappa shape index (κ3) is 4.01. The summed E-state index contributed by atoms with van der Waals surface area (Å²) in [6.07, 6.45) is -4.62. The minimum absolute atomic E-state index is 0.122. The molecule has 0 spiro atoms. The second kappa shape index (κ2) is 6.51. The minimum Gasteiger partial charge on any atom is -0.315 e. The Balaban J connectivity index is 2.13. The largest absolute Gasteiger partial charge is 0.418 e. The lowest BCUT2D eigenvalue weighted by atomic mass is 9.96. The highest BCUT2D eigenvalue weighted by Crippen LogP contribution is 2.45. The number of thioether (sulfide) groups is 1. The topological polar surface area (TPSA) is 66.8 Å². The molecule has 2 fully saturated rings. The molecule has 0 unspecified atom stereocenters. The molecule has 0 bridgehead atoms. The number of amides is 1. The molecule has 3 rings (SSSR count). The summed E-state index contributed by atoms with van der Waals surface area (Å²) in [5, 5.41) is -0.334. The van der Waals surface area contributed by atoms with Crippen molar-refractivity contribution in [3.05, 3.63) is 29.8 Å². The van der Waals surface area contributed by atoms with Crippen LogP contribution in [0.3, 0.4) is 0 Å². The fourth-order valence-electron chi connectivity index (χ4n) is 3.02. The molecule has 5 nitrogen and oxygen atoms in total. The van der Waals surface area contributed by atoms with Crippen molar-refractivity contribution < 1.29 is 26.4 Å². The Bertz CT molecular complexity index is 905. The minimum atomic E-state index is -4.62. The lowest BCUT2D eigenvalue weighted by Gasteiger charge is -2.28. The van der Waals surface area contributed by atoms with Gasteiger partial charge in [-0.05, 0) is 12.1 Å². The molecule has 2 atom stereocenters. The van der Waals surface area contributed by atoms with Gasteiger partial charge in [0.05, 0.1) is 28.8 Å². The number of aliphatic imine (C=N–C) groups is 1. The van der Waals surface area contributed by atoms with Crippen molar-refractivity contribution >= 4 is 38.4 Å². The predicted octanol–water partition coefficient (Wildman–Crippen LogP) is 3.35. The van der Waals surface area contributed by atoms with Gasteiger partial charge < -0.3 is 4.90 Å². The number of para-hydroxylation sites is 1. The molecule has 1 aromatic carbocycles. The van der Waals surface area contributed by atoms with Crippen LogP contribution in [0.4, 0.5) is 18.9 Å². The van der Waals surface area contributed by atoms with Crippen LogP contribution in [-0.4, -0.2) is 42.3 Å². The first-order valence-corrected chi connectivity index (χ1v) is 11.0. The van der Waals surface area contributed by atoms with Gasteiger partial charge >= 0.3 is 6.18 Å². The van der Waals surface area contributed by atoms with E-state index in [2.05, 4.69) is 4.99 Å². The zero-order valence-electron chi connectivity index (χ0n) is 14.9. The number of sulfone groups is 1. The summed E-state index contributed by atoms with van der Waals surface area (Å²) in [5.41, 5.74) is -1.86. The predicted molar refractivity (Wildman–Crippen MR) is 99.6 cm³/mol. The van der Waals surface area contributed by atoms with Crippen LogP contribution in [0.2, 0.25) is 0 Å². The second-order valence-electron chi connectivity index (χ2n) is 7.63. The number of hydrogen-bond acceptors (Lipinski definition) is 4. The molecule has 2 saturated heterocycles. The highest BCUT2D eigenvalue weighted by Gasteiger charge is 2.51. The Morgan fingerprint density at radius 1 is 1.19 bits per heavy atom.